The smallest absolute Gasteiger partial charge is 0.263 e. The fraction of sp³-hybridized carbons (Fsp3) is 0.304. The normalized spacial score (nSPS) is 15.8. The van der Waals surface area contributed by atoms with Crippen molar-refractivity contribution in [3.05, 3.63) is 69.7 Å². The number of rotatable bonds is 6. The van der Waals surface area contributed by atoms with Gasteiger partial charge in [-0.05, 0) is 42.9 Å². The highest BCUT2D eigenvalue weighted by molar-refractivity contribution is 7.98. The molecule has 0 spiro atoms. The average Bonchev–Trinajstić information content (AvgIpc) is 3.39. The number of thiophene rings is 1. The zero-order valence-electron chi connectivity index (χ0n) is 17.2. The molecule has 1 aliphatic rings. The quantitative estimate of drug-likeness (QED) is 0.231. The van der Waals surface area contributed by atoms with Crippen molar-refractivity contribution in [3.8, 4) is 11.5 Å². The molecule has 0 saturated carbocycles. The molecule has 8 heteroatoms. The van der Waals surface area contributed by atoms with Crippen molar-refractivity contribution in [1.82, 2.24) is 19.7 Å². The van der Waals surface area contributed by atoms with Crippen molar-refractivity contribution in [2.45, 2.75) is 43.6 Å². The van der Waals surface area contributed by atoms with Crippen LogP contribution in [0.25, 0.3) is 21.7 Å². The van der Waals surface area contributed by atoms with Gasteiger partial charge >= 0.3 is 0 Å². The highest BCUT2D eigenvalue weighted by atomic mass is 32.2. The first-order valence-electron chi connectivity index (χ1n) is 10.3. The SMILES string of the molecule is C=CCn1c(SCc2nnc(-c3ccccc3)o2)nc2sc3c(c2c1=O)CC[C@@H](C)C3. The van der Waals surface area contributed by atoms with E-state index in [0.29, 0.717) is 35.2 Å². The van der Waals surface area contributed by atoms with E-state index in [1.54, 1.807) is 22.0 Å². The lowest BCUT2D eigenvalue weighted by Gasteiger charge is -2.17. The van der Waals surface area contributed by atoms with Gasteiger partial charge in [-0.1, -0.05) is 43.0 Å². The van der Waals surface area contributed by atoms with Gasteiger partial charge in [0.1, 0.15) is 4.83 Å². The molecule has 3 heterocycles. The minimum atomic E-state index is 0.0231. The molecule has 1 aromatic carbocycles. The number of fused-ring (bicyclic) bond motifs is 3. The summed E-state index contributed by atoms with van der Waals surface area (Å²) in [5, 5.41) is 9.75. The predicted molar refractivity (Wildman–Crippen MR) is 125 cm³/mol. The highest BCUT2D eigenvalue weighted by Gasteiger charge is 2.24. The van der Waals surface area contributed by atoms with Gasteiger partial charge in [-0.2, -0.15) is 0 Å². The summed E-state index contributed by atoms with van der Waals surface area (Å²) in [4.78, 5) is 20.4. The van der Waals surface area contributed by atoms with Crippen LogP contribution in [0.3, 0.4) is 0 Å². The monoisotopic (exact) mass is 450 g/mol. The van der Waals surface area contributed by atoms with E-state index >= 15 is 0 Å². The second kappa shape index (κ2) is 8.43. The van der Waals surface area contributed by atoms with Crippen molar-refractivity contribution in [1.29, 1.82) is 0 Å². The molecule has 0 unspecified atom stereocenters. The molecule has 31 heavy (non-hydrogen) atoms. The first-order chi connectivity index (χ1) is 15.1. The van der Waals surface area contributed by atoms with Crippen LogP contribution >= 0.6 is 23.1 Å². The number of aryl methyl sites for hydroxylation is 1. The van der Waals surface area contributed by atoms with Crippen molar-refractivity contribution in [3.63, 3.8) is 0 Å². The predicted octanol–water partition coefficient (Wildman–Crippen LogP) is 5.11. The number of allylic oxidation sites excluding steroid dienone is 1. The van der Waals surface area contributed by atoms with E-state index in [-0.39, 0.29) is 5.56 Å². The van der Waals surface area contributed by atoms with E-state index in [1.165, 1.54) is 22.2 Å². The van der Waals surface area contributed by atoms with Gasteiger partial charge in [-0.15, -0.1) is 28.1 Å². The fourth-order valence-corrected chi connectivity index (χ4v) is 6.21. The average molecular weight is 451 g/mol. The Hall–Kier alpha value is -2.71. The molecule has 6 nitrogen and oxygen atoms in total. The number of aromatic nitrogens is 4. The topological polar surface area (TPSA) is 73.8 Å². The van der Waals surface area contributed by atoms with Gasteiger partial charge in [0.25, 0.3) is 5.56 Å². The second-order valence-electron chi connectivity index (χ2n) is 7.79. The highest BCUT2D eigenvalue weighted by Crippen LogP contribution is 2.36. The third kappa shape index (κ3) is 3.85. The Balaban J connectivity index is 1.47. The third-order valence-electron chi connectivity index (χ3n) is 5.50. The largest absolute Gasteiger partial charge is 0.420 e. The lowest BCUT2D eigenvalue weighted by Crippen LogP contribution is -2.23. The van der Waals surface area contributed by atoms with Gasteiger partial charge in [0.15, 0.2) is 5.16 Å². The van der Waals surface area contributed by atoms with Crippen molar-refractivity contribution in [2.24, 2.45) is 5.92 Å². The number of thioether (sulfide) groups is 1. The maximum absolute atomic E-state index is 13.4. The summed E-state index contributed by atoms with van der Waals surface area (Å²) in [7, 11) is 0. The van der Waals surface area contributed by atoms with Crippen LogP contribution in [-0.4, -0.2) is 19.7 Å². The Morgan fingerprint density at radius 1 is 1.32 bits per heavy atom. The lowest BCUT2D eigenvalue weighted by atomic mass is 9.89. The summed E-state index contributed by atoms with van der Waals surface area (Å²) in [6.45, 7) is 6.51. The first-order valence-corrected chi connectivity index (χ1v) is 12.1. The van der Waals surface area contributed by atoms with Crippen molar-refractivity contribution >= 4 is 33.3 Å². The molecule has 158 valence electrons. The molecule has 0 aliphatic heterocycles. The summed E-state index contributed by atoms with van der Waals surface area (Å²) in [6, 6.07) is 9.67. The van der Waals surface area contributed by atoms with E-state index in [4.69, 9.17) is 9.40 Å². The van der Waals surface area contributed by atoms with Gasteiger partial charge in [0.2, 0.25) is 11.8 Å². The summed E-state index contributed by atoms with van der Waals surface area (Å²) < 4.78 is 7.52. The van der Waals surface area contributed by atoms with Crippen LogP contribution < -0.4 is 5.56 Å². The summed E-state index contributed by atoms with van der Waals surface area (Å²) in [6.07, 6.45) is 4.85. The van der Waals surface area contributed by atoms with Crippen molar-refractivity contribution < 1.29 is 4.42 Å². The van der Waals surface area contributed by atoms with E-state index in [0.717, 1.165) is 35.0 Å². The third-order valence-corrected chi connectivity index (χ3v) is 7.61. The Morgan fingerprint density at radius 3 is 2.97 bits per heavy atom. The summed E-state index contributed by atoms with van der Waals surface area (Å²) in [5.74, 6) is 2.09. The van der Waals surface area contributed by atoms with Crippen LogP contribution in [-0.2, 0) is 25.1 Å². The molecule has 5 rings (SSSR count). The molecular formula is C23H22N4O2S2. The lowest BCUT2D eigenvalue weighted by molar-refractivity contribution is 0.509. The minimum Gasteiger partial charge on any atom is -0.420 e. The first kappa shape index (κ1) is 20.2. The van der Waals surface area contributed by atoms with E-state index in [9.17, 15) is 4.79 Å². The number of nitrogens with zero attached hydrogens (tertiary/aromatic N) is 4. The molecule has 0 saturated heterocycles. The van der Waals surface area contributed by atoms with E-state index in [1.807, 2.05) is 30.3 Å². The van der Waals surface area contributed by atoms with Crippen molar-refractivity contribution in [2.75, 3.05) is 0 Å². The Morgan fingerprint density at radius 2 is 2.16 bits per heavy atom. The number of benzene rings is 1. The van der Waals surface area contributed by atoms with Crippen LogP contribution in [0.1, 0.15) is 29.7 Å². The van der Waals surface area contributed by atoms with Crippen LogP contribution in [0.15, 0.2) is 57.4 Å². The van der Waals surface area contributed by atoms with Gasteiger partial charge in [-0.25, -0.2) is 4.98 Å². The Bertz CT molecular complexity index is 1310. The van der Waals surface area contributed by atoms with Gasteiger partial charge in [0, 0.05) is 17.0 Å². The zero-order valence-corrected chi connectivity index (χ0v) is 18.8. The molecule has 3 aromatic heterocycles. The molecule has 0 fully saturated rings. The molecule has 0 bridgehead atoms. The van der Waals surface area contributed by atoms with Gasteiger partial charge in [0.05, 0.1) is 11.1 Å². The molecular weight excluding hydrogens is 428 g/mol. The molecule has 0 amide bonds. The summed E-state index contributed by atoms with van der Waals surface area (Å²) in [5.41, 5.74) is 2.11. The van der Waals surface area contributed by atoms with E-state index < -0.39 is 0 Å². The summed E-state index contributed by atoms with van der Waals surface area (Å²) >= 11 is 3.11. The molecule has 0 radical (unpaired) electrons. The maximum Gasteiger partial charge on any atom is 0.263 e. The second-order valence-corrected chi connectivity index (χ2v) is 9.81. The number of hydrogen-bond acceptors (Lipinski definition) is 7. The Labute approximate surface area is 188 Å². The van der Waals surface area contributed by atoms with Gasteiger partial charge < -0.3 is 4.42 Å². The standard InChI is InChI=1S/C23H22N4O2S2/c1-3-11-27-22(28)19-16-10-9-14(2)12-17(16)31-21(19)24-23(27)30-13-18-25-26-20(29-18)15-7-5-4-6-8-15/h3-8,14H,1,9-13H2,2H3/t14-/m1/s1. The van der Waals surface area contributed by atoms with Crippen LogP contribution in [0.2, 0.25) is 0 Å². The van der Waals surface area contributed by atoms with Gasteiger partial charge in [-0.3, -0.25) is 9.36 Å². The van der Waals surface area contributed by atoms with Crippen LogP contribution in [0.5, 0.6) is 0 Å². The molecule has 1 atom stereocenters. The fourth-order valence-electron chi connectivity index (χ4n) is 3.94. The zero-order chi connectivity index (χ0) is 21.4. The molecule has 4 aromatic rings. The van der Waals surface area contributed by atoms with E-state index in [2.05, 4.69) is 23.7 Å². The van der Waals surface area contributed by atoms with Crippen LogP contribution in [0.4, 0.5) is 0 Å². The minimum absolute atomic E-state index is 0.0231. The maximum atomic E-state index is 13.4. The molecule has 0 N–H and O–H groups in total. The van der Waals surface area contributed by atoms with Crippen LogP contribution in [0, 0.1) is 5.92 Å². The molecule has 1 aliphatic carbocycles. The Kier molecular flexibility index (Phi) is 5.50. The number of hydrogen-bond donors (Lipinski definition) is 0.